The zero-order valence-electron chi connectivity index (χ0n) is 14.6. The summed E-state index contributed by atoms with van der Waals surface area (Å²) in [5.74, 6) is 0. The maximum Gasteiger partial charge on any atom is 0.0341 e. The van der Waals surface area contributed by atoms with E-state index in [1.807, 2.05) is 0 Å². The third-order valence-electron chi connectivity index (χ3n) is 7.12. The van der Waals surface area contributed by atoms with Gasteiger partial charge in [0.2, 0.25) is 0 Å². The van der Waals surface area contributed by atoms with Crippen molar-refractivity contribution in [3.05, 3.63) is 58.7 Å². The Bertz CT molecular complexity index is 814. The van der Waals surface area contributed by atoms with E-state index in [0.29, 0.717) is 17.1 Å². The van der Waals surface area contributed by atoms with Crippen LogP contribution in [0.3, 0.4) is 0 Å². The average Bonchev–Trinajstić information content (AvgIpc) is 2.91. The molecule has 1 heterocycles. The van der Waals surface area contributed by atoms with E-state index in [1.165, 1.54) is 29.5 Å². The number of rotatable bonds is 1. The number of benzene rings is 2. The second kappa shape index (κ2) is 4.08. The summed E-state index contributed by atoms with van der Waals surface area (Å²) in [6.45, 7) is 9.60. The van der Waals surface area contributed by atoms with E-state index in [-0.39, 0.29) is 0 Å². The molecule has 2 aromatic carbocycles. The molecule has 0 bridgehead atoms. The van der Waals surface area contributed by atoms with Crippen molar-refractivity contribution in [3.63, 3.8) is 0 Å². The Morgan fingerprint density at radius 3 is 2.26 bits per heavy atom. The lowest BCUT2D eigenvalue weighted by Crippen LogP contribution is -2.25. The second-order valence-electron chi connectivity index (χ2n) is 8.61. The first kappa shape index (κ1) is 13.8. The standard InChI is InChI=1S/C22H25N/c1-21(2)22(3,4)23(21)16-11-15-9-10-18-17-8-6-5-7-14(17)12-20(18)19(15)13-16/h5-10,16H,11-13H2,1-4H3. The van der Waals surface area contributed by atoms with Gasteiger partial charge in [0.15, 0.2) is 0 Å². The first-order valence-corrected chi connectivity index (χ1v) is 8.92. The molecule has 1 atom stereocenters. The fourth-order valence-electron chi connectivity index (χ4n) is 5.38. The molecule has 0 aromatic heterocycles. The van der Waals surface area contributed by atoms with Gasteiger partial charge in [0.25, 0.3) is 0 Å². The predicted molar refractivity (Wildman–Crippen MR) is 95.9 cm³/mol. The van der Waals surface area contributed by atoms with Crippen molar-refractivity contribution in [3.8, 4) is 11.1 Å². The lowest BCUT2D eigenvalue weighted by atomic mass is 9.98. The third-order valence-corrected chi connectivity index (χ3v) is 7.12. The summed E-state index contributed by atoms with van der Waals surface area (Å²) in [7, 11) is 0. The van der Waals surface area contributed by atoms with Crippen molar-refractivity contribution >= 4 is 0 Å². The van der Waals surface area contributed by atoms with Crippen LogP contribution in [0.1, 0.15) is 49.9 Å². The van der Waals surface area contributed by atoms with Crippen LogP contribution in [0.25, 0.3) is 11.1 Å². The molecule has 1 saturated heterocycles. The molecule has 1 aliphatic heterocycles. The van der Waals surface area contributed by atoms with E-state index in [2.05, 4.69) is 69.0 Å². The predicted octanol–water partition coefficient (Wildman–Crippen LogP) is 4.60. The van der Waals surface area contributed by atoms with Crippen LogP contribution in [-0.2, 0) is 19.3 Å². The Morgan fingerprint density at radius 2 is 1.52 bits per heavy atom. The van der Waals surface area contributed by atoms with Crippen LogP contribution < -0.4 is 0 Å². The van der Waals surface area contributed by atoms with Crippen molar-refractivity contribution < 1.29 is 0 Å². The second-order valence-corrected chi connectivity index (χ2v) is 8.61. The summed E-state index contributed by atoms with van der Waals surface area (Å²) in [5.41, 5.74) is 10.0. The van der Waals surface area contributed by atoms with E-state index in [0.717, 1.165) is 6.42 Å². The maximum atomic E-state index is 2.74. The lowest BCUT2D eigenvalue weighted by Gasteiger charge is -2.15. The Hall–Kier alpha value is -1.60. The Labute approximate surface area is 139 Å². The van der Waals surface area contributed by atoms with Crippen LogP contribution in [0.2, 0.25) is 0 Å². The first-order chi connectivity index (χ1) is 10.9. The first-order valence-electron chi connectivity index (χ1n) is 8.92. The molecule has 0 saturated carbocycles. The lowest BCUT2D eigenvalue weighted by molar-refractivity contribution is 0.313. The third kappa shape index (κ3) is 1.61. The SMILES string of the molecule is CC1(C)N(C2Cc3ccc4c(c3C2)Cc2ccccc2-4)C1(C)C. The van der Waals surface area contributed by atoms with Gasteiger partial charge in [-0.05, 0) is 80.3 Å². The molecule has 1 fully saturated rings. The van der Waals surface area contributed by atoms with Crippen LogP contribution in [-0.4, -0.2) is 22.0 Å². The van der Waals surface area contributed by atoms with Gasteiger partial charge in [0.1, 0.15) is 0 Å². The van der Waals surface area contributed by atoms with E-state index < -0.39 is 0 Å². The average molecular weight is 303 g/mol. The van der Waals surface area contributed by atoms with Crippen LogP contribution in [0.4, 0.5) is 0 Å². The molecular formula is C22H25N. The molecule has 1 heteroatoms. The molecule has 118 valence electrons. The van der Waals surface area contributed by atoms with Gasteiger partial charge in [-0.1, -0.05) is 36.4 Å². The molecule has 5 rings (SSSR count). The molecule has 2 aliphatic carbocycles. The molecule has 3 aliphatic rings. The van der Waals surface area contributed by atoms with Crippen LogP contribution >= 0.6 is 0 Å². The van der Waals surface area contributed by atoms with Crippen LogP contribution in [0.15, 0.2) is 36.4 Å². The Morgan fingerprint density at radius 1 is 0.783 bits per heavy atom. The van der Waals surface area contributed by atoms with Gasteiger partial charge in [0.05, 0.1) is 0 Å². The molecule has 0 spiro atoms. The van der Waals surface area contributed by atoms with Gasteiger partial charge >= 0.3 is 0 Å². The number of hydrogen-bond donors (Lipinski definition) is 0. The van der Waals surface area contributed by atoms with Gasteiger partial charge < -0.3 is 0 Å². The molecular weight excluding hydrogens is 278 g/mol. The van der Waals surface area contributed by atoms with E-state index in [1.54, 1.807) is 16.7 Å². The maximum absolute atomic E-state index is 2.74. The number of hydrogen-bond acceptors (Lipinski definition) is 1. The molecule has 0 radical (unpaired) electrons. The Balaban J connectivity index is 1.53. The smallest absolute Gasteiger partial charge is 0.0341 e. The minimum atomic E-state index is 0.339. The van der Waals surface area contributed by atoms with E-state index in [9.17, 15) is 0 Å². The summed E-state index contributed by atoms with van der Waals surface area (Å²) in [6.07, 6.45) is 3.60. The van der Waals surface area contributed by atoms with Gasteiger partial charge in [-0.3, -0.25) is 4.90 Å². The van der Waals surface area contributed by atoms with Crippen molar-refractivity contribution in [2.75, 3.05) is 0 Å². The highest BCUT2D eigenvalue weighted by Gasteiger charge is 2.65. The Kier molecular flexibility index (Phi) is 2.45. The highest BCUT2D eigenvalue weighted by atomic mass is 15.4. The summed E-state index contributed by atoms with van der Waals surface area (Å²) in [4.78, 5) is 2.74. The van der Waals surface area contributed by atoms with Gasteiger partial charge in [0, 0.05) is 17.1 Å². The van der Waals surface area contributed by atoms with Crippen LogP contribution in [0, 0.1) is 0 Å². The minimum absolute atomic E-state index is 0.339. The van der Waals surface area contributed by atoms with Crippen LogP contribution in [0.5, 0.6) is 0 Å². The van der Waals surface area contributed by atoms with Crippen molar-refractivity contribution in [1.29, 1.82) is 0 Å². The van der Waals surface area contributed by atoms with E-state index in [4.69, 9.17) is 0 Å². The van der Waals surface area contributed by atoms with Crippen molar-refractivity contribution in [2.24, 2.45) is 0 Å². The monoisotopic (exact) mass is 303 g/mol. The zero-order valence-corrected chi connectivity index (χ0v) is 14.6. The van der Waals surface area contributed by atoms with Gasteiger partial charge in [-0.2, -0.15) is 0 Å². The summed E-state index contributed by atoms with van der Waals surface area (Å²) >= 11 is 0. The van der Waals surface area contributed by atoms with Crippen molar-refractivity contribution in [2.45, 2.75) is 64.1 Å². The molecule has 0 N–H and O–H groups in total. The summed E-state index contributed by atoms with van der Waals surface area (Å²) < 4.78 is 0. The highest BCUT2D eigenvalue weighted by molar-refractivity contribution is 5.79. The summed E-state index contributed by atoms with van der Waals surface area (Å²) in [6, 6.07) is 14.4. The minimum Gasteiger partial charge on any atom is -0.286 e. The van der Waals surface area contributed by atoms with Gasteiger partial charge in [-0.15, -0.1) is 0 Å². The molecule has 0 amide bonds. The topological polar surface area (TPSA) is 3.01 Å². The van der Waals surface area contributed by atoms with Gasteiger partial charge in [-0.25, -0.2) is 0 Å². The molecule has 23 heavy (non-hydrogen) atoms. The largest absolute Gasteiger partial charge is 0.286 e. The number of nitrogens with zero attached hydrogens (tertiary/aromatic N) is 1. The normalized spacial score (nSPS) is 25.8. The quantitative estimate of drug-likeness (QED) is 0.594. The molecule has 1 nitrogen and oxygen atoms in total. The fraction of sp³-hybridized carbons (Fsp3) is 0.455. The number of fused-ring (bicyclic) bond motifs is 5. The molecule has 2 aromatic rings. The molecule has 1 unspecified atom stereocenters. The fourth-order valence-corrected chi connectivity index (χ4v) is 5.38. The van der Waals surface area contributed by atoms with Crippen molar-refractivity contribution in [1.82, 2.24) is 4.90 Å². The summed E-state index contributed by atoms with van der Waals surface area (Å²) in [5, 5.41) is 0. The van der Waals surface area contributed by atoms with E-state index >= 15 is 0 Å². The highest BCUT2D eigenvalue weighted by Crippen LogP contribution is 2.55. The zero-order chi connectivity index (χ0) is 16.0.